The predicted molar refractivity (Wildman–Crippen MR) is 85.5 cm³/mol. The van der Waals surface area contributed by atoms with Gasteiger partial charge in [-0.05, 0) is 25.1 Å². The van der Waals surface area contributed by atoms with Crippen LogP contribution < -0.4 is 10.0 Å². The molecule has 0 spiro atoms. The third kappa shape index (κ3) is 2.26. The molecule has 2 N–H and O–H groups in total. The number of aromatic nitrogens is 3. The molecule has 1 amide bonds. The highest BCUT2D eigenvalue weighted by Crippen LogP contribution is 2.30. The Bertz CT molecular complexity index is 922. The first-order valence-electron chi connectivity index (χ1n) is 7.56. The molecular weight excluding hydrogens is 332 g/mol. The Morgan fingerprint density at radius 2 is 2.21 bits per heavy atom. The number of nitrogens with zero attached hydrogens (tertiary/aromatic N) is 4. The zero-order chi connectivity index (χ0) is 16.9. The Hall–Kier alpha value is -2.46. The normalized spacial score (nSPS) is 21.5. The van der Waals surface area contributed by atoms with E-state index in [9.17, 15) is 13.2 Å². The number of carbonyl (C=O) groups excluding carboxylic acids is 1. The van der Waals surface area contributed by atoms with Crippen molar-refractivity contribution in [3.63, 3.8) is 0 Å². The molecule has 3 heterocycles. The van der Waals surface area contributed by atoms with Crippen LogP contribution in [0.5, 0.6) is 0 Å². The Morgan fingerprint density at radius 3 is 3.00 bits per heavy atom. The van der Waals surface area contributed by atoms with Gasteiger partial charge in [0.05, 0.1) is 5.69 Å². The van der Waals surface area contributed by atoms with E-state index in [4.69, 9.17) is 0 Å². The minimum Gasteiger partial charge on any atom is -0.333 e. The van der Waals surface area contributed by atoms with Gasteiger partial charge < -0.3 is 10.2 Å². The summed E-state index contributed by atoms with van der Waals surface area (Å²) in [6.45, 7) is 4.00. The van der Waals surface area contributed by atoms with Gasteiger partial charge in [0.1, 0.15) is 11.2 Å². The Morgan fingerprint density at radius 1 is 1.38 bits per heavy atom. The second kappa shape index (κ2) is 5.28. The second-order valence-electron chi connectivity index (χ2n) is 5.84. The highest BCUT2D eigenvalue weighted by molar-refractivity contribution is 7.93. The maximum Gasteiger partial charge on any atom is 0.266 e. The summed E-state index contributed by atoms with van der Waals surface area (Å²) < 4.78 is 28.6. The number of rotatable bonds is 1. The lowest BCUT2D eigenvalue weighted by Crippen LogP contribution is -2.52. The van der Waals surface area contributed by atoms with E-state index < -0.39 is 10.0 Å². The van der Waals surface area contributed by atoms with Crippen LogP contribution in [0.4, 0.5) is 5.95 Å². The molecule has 2 aliphatic rings. The highest BCUT2D eigenvalue weighted by Gasteiger charge is 2.31. The van der Waals surface area contributed by atoms with E-state index in [1.807, 2.05) is 6.92 Å². The zero-order valence-electron chi connectivity index (χ0n) is 12.9. The van der Waals surface area contributed by atoms with Crippen molar-refractivity contribution >= 4 is 21.9 Å². The van der Waals surface area contributed by atoms with Gasteiger partial charge in [-0.3, -0.25) is 4.79 Å². The molecule has 0 unspecified atom stereocenters. The molecule has 2 aliphatic heterocycles. The van der Waals surface area contributed by atoms with Crippen LogP contribution in [0, 0.1) is 0 Å². The number of anilines is 1. The summed E-state index contributed by atoms with van der Waals surface area (Å²) >= 11 is 0. The predicted octanol–water partition coefficient (Wildman–Crippen LogP) is -0.185. The highest BCUT2D eigenvalue weighted by atomic mass is 32.2. The third-order valence-electron chi connectivity index (χ3n) is 4.26. The number of fused-ring (bicyclic) bond motifs is 3. The molecule has 126 valence electrons. The lowest BCUT2D eigenvalue weighted by molar-refractivity contribution is 0.0655. The van der Waals surface area contributed by atoms with Gasteiger partial charge >= 0.3 is 0 Å². The van der Waals surface area contributed by atoms with Crippen LogP contribution >= 0.6 is 0 Å². The quantitative estimate of drug-likeness (QED) is 0.740. The zero-order valence-corrected chi connectivity index (χ0v) is 13.7. The maximum absolute atomic E-state index is 12.8. The summed E-state index contributed by atoms with van der Waals surface area (Å²) in [6, 6.07) is 4.67. The molecule has 1 aromatic heterocycles. The number of amides is 1. The first-order valence-corrected chi connectivity index (χ1v) is 9.04. The van der Waals surface area contributed by atoms with Gasteiger partial charge in [-0.15, -0.1) is 0 Å². The van der Waals surface area contributed by atoms with Crippen molar-refractivity contribution < 1.29 is 13.2 Å². The van der Waals surface area contributed by atoms with Gasteiger partial charge in [-0.2, -0.15) is 14.8 Å². The van der Waals surface area contributed by atoms with Gasteiger partial charge in [-0.25, -0.2) is 13.1 Å². The molecular formula is C14H16N6O3S. The Labute approximate surface area is 138 Å². The Balaban J connectivity index is 1.77. The van der Waals surface area contributed by atoms with Crippen LogP contribution in [-0.4, -0.2) is 59.7 Å². The first kappa shape index (κ1) is 15.1. The van der Waals surface area contributed by atoms with Crippen molar-refractivity contribution in [2.24, 2.45) is 0 Å². The molecule has 4 rings (SSSR count). The number of carbonyl (C=O) groups is 1. The topological polar surface area (TPSA) is 109 Å². The van der Waals surface area contributed by atoms with Gasteiger partial charge in [-0.1, -0.05) is 0 Å². The van der Waals surface area contributed by atoms with E-state index in [2.05, 4.69) is 20.1 Å². The largest absolute Gasteiger partial charge is 0.333 e. The molecule has 0 radical (unpaired) electrons. The van der Waals surface area contributed by atoms with Crippen LogP contribution in [0.15, 0.2) is 29.4 Å². The summed E-state index contributed by atoms with van der Waals surface area (Å²) in [6.07, 6.45) is 1.27. The molecule has 1 fully saturated rings. The SMILES string of the molecule is C[C@@H]1CNCCN1C(=O)c1ccc2c(c1)S(=O)(=O)Nc1ncnn1-2. The van der Waals surface area contributed by atoms with Crippen LogP contribution in [-0.2, 0) is 10.0 Å². The summed E-state index contributed by atoms with van der Waals surface area (Å²) in [5.74, 6) is -0.0382. The monoisotopic (exact) mass is 348 g/mol. The van der Waals surface area contributed by atoms with E-state index in [1.54, 1.807) is 17.0 Å². The second-order valence-corrected chi connectivity index (χ2v) is 7.49. The fourth-order valence-electron chi connectivity index (χ4n) is 3.01. The molecule has 2 aromatic rings. The summed E-state index contributed by atoms with van der Waals surface area (Å²) in [5.41, 5.74) is 0.725. The van der Waals surface area contributed by atoms with E-state index >= 15 is 0 Å². The molecule has 1 atom stereocenters. The van der Waals surface area contributed by atoms with E-state index in [1.165, 1.54) is 17.1 Å². The van der Waals surface area contributed by atoms with Crippen LogP contribution in [0.2, 0.25) is 0 Å². The Kier molecular flexibility index (Phi) is 3.32. The molecule has 0 aliphatic carbocycles. The molecule has 9 nitrogen and oxygen atoms in total. The number of benzene rings is 1. The fraction of sp³-hybridized carbons (Fsp3) is 0.357. The van der Waals surface area contributed by atoms with Gasteiger partial charge in [0.15, 0.2) is 0 Å². The summed E-state index contributed by atoms with van der Waals surface area (Å²) in [4.78, 5) is 18.4. The average Bonchev–Trinajstić information content (AvgIpc) is 3.02. The minimum atomic E-state index is -3.78. The van der Waals surface area contributed by atoms with Crippen molar-refractivity contribution in [1.82, 2.24) is 25.0 Å². The lowest BCUT2D eigenvalue weighted by atomic mass is 10.1. The number of sulfonamides is 1. The molecule has 10 heteroatoms. The van der Waals surface area contributed by atoms with Crippen molar-refractivity contribution in [3.8, 4) is 5.69 Å². The maximum atomic E-state index is 12.8. The van der Waals surface area contributed by atoms with Gasteiger partial charge in [0, 0.05) is 31.2 Å². The molecule has 24 heavy (non-hydrogen) atoms. The van der Waals surface area contributed by atoms with Crippen molar-refractivity contribution in [2.45, 2.75) is 17.9 Å². The van der Waals surface area contributed by atoms with E-state index in [-0.39, 0.29) is 22.8 Å². The van der Waals surface area contributed by atoms with Crippen molar-refractivity contribution in [3.05, 3.63) is 30.1 Å². The van der Waals surface area contributed by atoms with Crippen LogP contribution in [0.1, 0.15) is 17.3 Å². The van der Waals surface area contributed by atoms with E-state index in [0.29, 0.717) is 17.8 Å². The number of hydrogen-bond donors (Lipinski definition) is 2. The molecule has 0 saturated carbocycles. The minimum absolute atomic E-state index is 0.0223. The van der Waals surface area contributed by atoms with Crippen molar-refractivity contribution in [1.29, 1.82) is 0 Å². The molecule has 1 aromatic carbocycles. The summed E-state index contributed by atoms with van der Waals surface area (Å²) in [7, 11) is -3.78. The number of hydrogen-bond acceptors (Lipinski definition) is 6. The molecule has 1 saturated heterocycles. The lowest BCUT2D eigenvalue weighted by Gasteiger charge is -2.34. The standard InChI is InChI=1S/C14H16N6O3S/c1-9-7-15-4-5-19(9)13(21)10-2-3-11-12(6-10)24(22,23)18-14-16-8-17-20(11)14/h2-3,6,8-9,15H,4-5,7H2,1H3,(H,16,17,18)/t9-/m1/s1. The first-order chi connectivity index (χ1) is 11.5. The smallest absolute Gasteiger partial charge is 0.266 e. The molecule has 0 bridgehead atoms. The van der Waals surface area contributed by atoms with Gasteiger partial charge in [0.25, 0.3) is 15.9 Å². The summed E-state index contributed by atoms with van der Waals surface area (Å²) in [5, 5.41) is 7.24. The van der Waals surface area contributed by atoms with Crippen LogP contribution in [0.25, 0.3) is 5.69 Å². The van der Waals surface area contributed by atoms with Crippen LogP contribution in [0.3, 0.4) is 0 Å². The van der Waals surface area contributed by atoms with Gasteiger partial charge in [0.2, 0.25) is 5.95 Å². The number of piperazine rings is 1. The van der Waals surface area contributed by atoms with E-state index in [0.717, 1.165) is 13.1 Å². The third-order valence-corrected chi connectivity index (χ3v) is 5.62. The van der Waals surface area contributed by atoms with Crippen molar-refractivity contribution in [2.75, 3.05) is 24.4 Å². The fourth-order valence-corrected chi connectivity index (χ4v) is 4.21. The average molecular weight is 348 g/mol. The number of nitrogens with one attached hydrogen (secondary N) is 2.